The number of anilines is 1. The summed E-state index contributed by atoms with van der Waals surface area (Å²) in [6.07, 6.45) is 16.7. The molecule has 0 aromatic carbocycles. The lowest BCUT2D eigenvalue weighted by molar-refractivity contribution is 0.290. The van der Waals surface area contributed by atoms with Gasteiger partial charge in [-0.25, -0.2) is 15.0 Å². The minimum Gasteiger partial charge on any atom is -0.353 e. The van der Waals surface area contributed by atoms with Crippen LogP contribution in [-0.4, -0.2) is 32.1 Å². The summed E-state index contributed by atoms with van der Waals surface area (Å²) in [7, 11) is 0. The zero-order valence-corrected chi connectivity index (χ0v) is 12.9. The predicted molar refractivity (Wildman–Crippen MR) is 86.1 cm³/mol. The van der Waals surface area contributed by atoms with Crippen molar-refractivity contribution >= 4 is 5.82 Å². The molecule has 2 aromatic rings. The fourth-order valence-electron chi connectivity index (χ4n) is 4.10. The lowest BCUT2D eigenvalue weighted by Gasteiger charge is -2.39. The van der Waals surface area contributed by atoms with Crippen LogP contribution in [0.25, 0.3) is 5.82 Å². The minimum atomic E-state index is 0.668. The summed E-state index contributed by atoms with van der Waals surface area (Å²) in [4.78, 5) is 15.6. The quantitative estimate of drug-likeness (QED) is 0.854. The SMILES string of the molecule is c1cn(-c2cc(N3CCCC[C@@H]4CCCC[C@@H]43)ncn2)cn1. The number of hydrogen-bond acceptors (Lipinski definition) is 4. The zero-order valence-electron chi connectivity index (χ0n) is 12.9. The van der Waals surface area contributed by atoms with Crippen molar-refractivity contribution in [2.75, 3.05) is 11.4 Å². The van der Waals surface area contributed by atoms with Gasteiger partial charge in [-0.05, 0) is 31.6 Å². The highest BCUT2D eigenvalue weighted by Crippen LogP contribution is 2.36. The average molecular weight is 297 g/mol. The molecule has 0 radical (unpaired) electrons. The maximum atomic E-state index is 4.59. The molecule has 1 aliphatic heterocycles. The minimum absolute atomic E-state index is 0.668. The van der Waals surface area contributed by atoms with Crippen molar-refractivity contribution in [3.63, 3.8) is 0 Å². The van der Waals surface area contributed by atoms with Crippen molar-refractivity contribution in [3.8, 4) is 5.82 Å². The predicted octanol–water partition coefficient (Wildman–Crippen LogP) is 3.21. The summed E-state index contributed by atoms with van der Waals surface area (Å²) >= 11 is 0. The van der Waals surface area contributed by atoms with Gasteiger partial charge in [0.05, 0.1) is 0 Å². The fourth-order valence-corrected chi connectivity index (χ4v) is 4.10. The van der Waals surface area contributed by atoms with E-state index in [-0.39, 0.29) is 0 Å². The molecule has 1 saturated carbocycles. The van der Waals surface area contributed by atoms with Crippen molar-refractivity contribution < 1.29 is 0 Å². The van der Waals surface area contributed by atoms with Gasteiger partial charge in [-0.3, -0.25) is 4.57 Å². The molecule has 0 amide bonds. The van der Waals surface area contributed by atoms with E-state index in [1.54, 1.807) is 18.9 Å². The first-order valence-electron chi connectivity index (χ1n) is 8.49. The first-order chi connectivity index (χ1) is 10.9. The molecule has 0 spiro atoms. The Morgan fingerprint density at radius 1 is 0.955 bits per heavy atom. The Morgan fingerprint density at radius 3 is 2.64 bits per heavy atom. The van der Waals surface area contributed by atoms with Crippen molar-refractivity contribution in [3.05, 3.63) is 31.1 Å². The van der Waals surface area contributed by atoms with E-state index >= 15 is 0 Å². The van der Waals surface area contributed by atoms with Gasteiger partial charge < -0.3 is 4.90 Å². The van der Waals surface area contributed by atoms with Crippen LogP contribution in [0.3, 0.4) is 0 Å². The molecule has 2 atom stereocenters. The molecule has 2 aromatic heterocycles. The van der Waals surface area contributed by atoms with Crippen LogP contribution in [-0.2, 0) is 0 Å². The summed E-state index contributed by atoms with van der Waals surface area (Å²) < 4.78 is 1.95. The van der Waals surface area contributed by atoms with E-state index in [0.717, 1.165) is 24.1 Å². The van der Waals surface area contributed by atoms with Gasteiger partial charge in [-0.15, -0.1) is 0 Å². The van der Waals surface area contributed by atoms with Gasteiger partial charge in [-0.2, -0.15) is 0 Å². The Kier molecular flexibility index (Phi) is 3.79. The molecular formula is C17H23N5. The molecule has 3 heterocycles. The lowest BCUT2D eigenvalue weighted by Crippen LogP contribution is -2.42. The van der Waals surface area contributed by atoms with Gasteiger partial charge in [-0.1, -0.05) is 19.3 Å². The second-order valence-corrected chi connectivity index (χ2v) is 6.51. The van der Waals surface area contributed by atoms with Crippen molar-refractivity contribution in [2.45, 2.75) is 51.0 Å². The van der Waals surface area contributed by atoms with Crippen molar-refractivity contribution in [1.29, 1.82) is 0 Å². The molecular weight excluding hydrogens is 274 g/mol. The van der Waals surface area contributed by atoms with Gasteiger partial charge in [0, 0.05) is 31.0 Å². The van der Waals surface area contributed by atoms with Gasteiger partial charge in [0.15, 0.2) is 0 Å². The number of nitrogens with zero attached hydrogens (tertiary/aromatic N) is 5. The summed E-state index contributed by atoms with van der Waals surface area (Å²) in [5.74, 6) is 2.83. The van der Waals surface area contributed by atoms with Crippen LogP contribution < -0.4 is 4.90 Å². The summed E-state index contributed by atoms with van der Waals surface area (Å²) in [5, 5.41) is 0. The zero-order chi connectivity index (χ0) is 14.8. The molecule has 1 saturated heterocycles. The molecule has 116 valence electrons. The summed E-state index contributed by atoms with van der Waals surface area (Å²) in [5.41, 5.74) is 0. The van der Waals surface area contributed by atoms with Gasteiger partial charge in [0.2, 0.25) is 0 Å². The van der Waals surface area contributed by atoms with Crippen LogP contribution in [0.2, 0.25) is 0 Å². The average Bonchev–Trinajstić information content (AvgIpc) is 3.02. The Bertz CT molecular complexity index is 609. The maximum absolute atomic E-state index is 4.59. The Morgan fingerprint density at radius 2 is 1.77 bits per heavy atom. The third kappa shape index (κ3) is 2.60. The number of aromatic nitrogens is 4. The van der Waals surface area contributed by atoms with Gasteiger partial charge in [0.1, 0.15) is 24.3 Å². The molecule has 4 rings (SSSR count). The molecule has 1 aliphatic carbocycles. The molecule has 5 nitrogen and oxygen atoms in total. The standard InChI is InChI=1S/C17H23N5/c1-2-7-15-14(5-1)6-3-4-9-22(15)17-11-16(19-12-20-17)21-10-8-18-13-21/h8,10-15H,1-7,9H2/t14-,15-/m0/s1. The fraction of sp³-hybridized carbons (Fsp3) is 0.588. The Hall–Kier alpha value is -1.91. The molecule has 0 N–H and O–H groups in total. The van der Waals surface area contributed by atoms with Crippen LogP contribution in [0.4, 0.5) is 5.82 Å². The van der Waals surface area contributed by atoms with E-state index in [1.807, 2.05) is 10.8 Å². The number of imidazole rings is 1. The van der Waals surface area contributed by atoms with E-state index in [9.17, 15) is 0 Å². The Labute approximate surface area is 131 Å². The highest BCUT2D eigenvalue weighted by atomic mass is 15.2. The van der Waals surface area contributed by atoms with Crippen molar-refractivity contribution in [2.24, 2.45) is 5.92 Å². The molecule has 0 unspecified atom stereocenters. The molecule has 5 heteroatoms. The number of fused-ring (bicyclic) bond motifs is 1. The van der Waals surface area contributed by atoms with Crippen LogP contribution in [0.5, 0.6) is 0 Å². The summed E-state index contributed by atoms with van der Waals surface area (Å²) in [6, 6.07) is 2.78. The monoisotopic (exact) mass is 297 g/mol. The topological polar surface area (TPSA) is 46.8 Å². The third-order valence-electron chi connectivity index (χ3n) is 5.19. The van der Waals surface area contributed by atoms with Gasteiger partial charge in [0.25, 0.3) is 0 Å². The number of hydrogen-bond donors (Lipinski definition) is 0. The van der Waals surface area contributed by atoms with Crippen molar-refractivity contribution in [1.82, 2.24) is 19.5 Å². The van der Waals surface area contributed by atoms with E-state index in [4.69, 9.17) is 0 Å². The van der Waals surface area contributed by atoms with E-state index in [1.165, 1.54) is 44.9 Å². The summed E-state index contributed by atoms with van der Waals surface area (Å²) in [6.45, 7) is 1.13. The highest BCUT2D eigenvalue weighted by molar-refractivity contribution is 5.45. The lowest BCUT2D eigenvalue weighted by atomic mass is 9.81. The van der Waals surface area contributed by atoms with Crippen LogP contribution in [0.15, 0.2) is 31.1 Å². The van der Waals surface area contributed by atoms with Crippen LogP contribution >= 0.6 is 0 Å². The van der Waals surface area contributed by atoms with Crippen LogP contribution in [0, 0.1) is 5.92 Å². The molecule has 2 aliphatic rings. The first kappa shape index (κ1) is 13.7. The van der Waals surface area contributed by atoms with E-state index in [0.29, 0.717) is 6.04 Å². The maximum Gasteiger partial charge on any atom is 0.143 e. The highest BCUT2D eigenvalue weighted by Gasteiger charge is 2.32. The van der Waals surface area contributed by atoms with Gasteiger partial charge >= 0.3 is 0 Å². The second kappa shape index (κ2) is 6.07. The second-order valence-electron chi connectivity index (χ2n) is 6.51. The van der Waals surface area contributed by atoms with E-state index < -0.39 is 0 Å². The Balaban J connectivity index is 1.66. The largest absolute Gasteiger partial charge is 0.353 e. The molecule has 0 bridgehead atoms. The van der Waals surface area contributed by atoms with E-state index in [2.05, 4.69) is 25.9 Å². The molecule has 2 fully saturated rings. The first-order valence-corrected chi connectivity index (χ1v) is 8.49. The third-order valence-corrected chi connectivity index (χ3v) is 5.19. The number of rotatable bonds is 2. The molecule has 22 heavy (non-hydrogen) atoms. The normalized spacial score (nSPS) is 25.5. The smallest absolute Gasteiger partial charge is 0.143 e. The van der Waals surface area contributed by atoms with Crippen LogP contribution in [0.1, 0.15) is 44.9 Å².